The third-order valence-corrected chi connectivity index (χ3v) is 4.75. The number of unbranched alkanes of at least 4 members (excludes halogenated alkanes) is 1. The fraction of sp³-hybridized carbons (Fsp3) is 0.231. The molecule has 0 bridgehead atoms. The number of halogens is 1. The van der Waals surface area contributed by atoms with Gasteiger partial charge in [-0.1, -0.05) is 55.1 Å². The predicted molar refractivity (Wildman–Crippen MR) is 123 cm³/mol. The third kappa shape index (κ3) is 6.59. The van der Waals surface area contributed by atoms with Gasteiger partial charge in [-0.05, 0) is 49.4 Å². The molecule has 1 unspecified atom stereocenters. The molecule has 3 rings (SSSR count). The van der Waals surface area contributed by atoms with Gasteiger partial charge in [0.2, 0.25) is 0 Å². The molecule has 1 aromatic heterocycles. The highest BCUT2D eigenvalue weighted by Crippen LogP contribution is 2.26. The smallest absolute Gasteiger partial charge is 0.165 e. The molecular formula is C26H27FN2O2. The molecule has 3 aromatic rings. The van der Waals surface area contributed by atoms with Crippen LogP contribution in [0.25, 0.3) is 28.6 Å². The van der Waals surface area contributed by atoms with E-state index < -0.39 is 5.82 Å². The Kier molecular flexibility index (Phi) is 8.07. The van der Waals surface area contributed by atoms with Gasteiger partial charge < -0.3 is 9.84 Å². The van der Waals surface area contributed by atoms with Crippen molar-refractivity contribution in [2.24, 2.45) is 0 Å². The molecule has 1 N–H and O–H groups in total. The maximum absolute atomic E-state index is 14.2. The number of benzene rings is 2. The molecule has 1 atom stereocenters. The Hall–Kier alpha value is -3.31. The summed E-state index contributed by atoms with van der Waals surface area (Å²) in [5.74, 6) is 0.374. The van der Waals surface area contributed by atoms with Crippen molar-refractivity contribution in [3.63, 3.8) is 0 Å². The molecule has 160 valence electrons. The van der Waals surface area contributed by atoms with E-state index in [-0.39, 0.29) is 18.5 Å². The van der Waals surface area contributed by atoms with E-state index >= 15 is 0 Å². The summed E-state index contributed by atoms with van der Waals surface area (Å²) in [6, 6.07) is 12.8. The average Bonchev–Trinajstić information content (AvgIpc) is 2.78. The maximum atomic E-state index is 14.2. The van der Waals surface area contributed by atoms with Crippen LogP contribution in [-0.2, 0) is 0 Å². The molecule has 0 aliphatic rings. The highest BCUT2D eigenvalue weighted by atomic mass is 19.1. The Balaban J connectivity index is 1.64. The lowest BCUT2D eigenvalue weighted by Crippen LogP contribution is -1.97. The first-order valence-corrected chi connectivity index (χ1v) is 10.4. The Morgan fingerprint density at radius 2 is 1.77 bits per heavy atom. The molecule has 4 nitrogen and oxygen atoms in total. The van der Waals surface area contributed by atoms with Gasteiger partial charge in [0.05, 0.1) is 6.10 Å². The molecule has 0 saturated carbocycles. The fourth-order valence-electron chi connectivity index (χ4n) is 3.07. The van der Waals surface area contributed by atoms with Crippen LogP contribution in [0.3, 0.4) is 0 Å². The van der Waals surface area contributed by atoms with E-state index in [1.807, 2.05) is 31.2 Å². The molecule has 31 heavy (non-hydrogen) atoms. The molecule has 0 aliphatic heterocycles. The van der Waals surface area contributed by atoms with Gasteiger partial charge in [0, 0.05) is 23.5 Å². The first-order chi connectivity index (χ1) is 15.1. The van der Waals surface area contributed by atoms with Crippen molar-refractivity contribution in [3.8, 4) is 28.3 Å². The van der Waals surface area contributed by atoms with Crippen LogP contribution < -0.4 is 4.74 Å². The van der Waals surface area contributed by atoms with Crippen LogP contribution in [0.1, 0.15) is 31.7 Å². The zero-order valence-electron chi connectivity index (χ0n) is 17.7. The molecule has 0 amide bonds. The van der Waals surface area contributed by atoms with Gasteiger partial charge in [0.15, 0.2) is 17.4 Å². The van der Waals surface area contributed by atoms with Crippen molar-refractivity contribution in [1.82, 2.24) is 9.97 Å². The maximum Gasteiger partial charge on any atom is 0.165 e. The fourth-order valence-corrected chi connectivity index (χ4v) is 3.07. The molecule has 0 aliphatic carbocycles. The van der Waals surface area contributed by atoms with Crippen molar-refractivity contribution in [1.29, 1.82) is 0 Å². The van der Waals surface area contributed by atoms with E-state index in [0.29, 0.717) is 11.4 Å². The number of aliphatic hydroxyl groups is 1. The van der Waals surface area contributed by atoms with E-state index in [1.165, 1.54) is 6.07 Å². The van der Waals surface area contributed by atoms with E-state index in [2.05, 4.69) is 28.7 Å². The second kappa shape index (κ2) is 11.2. The number of nitrogens with zero attached hydrogens (tertiary/aromatic N) is 2. The van der Waals surface area contributed by atoms with Crippen molar-refractivity contribution in [2.75, 3.05) is 6.61 Å². The van der Waals surface area contributed by atoms with Gasteiger partial charge in [-0.2, -0.15) is 0 Å². The monoisotopic (exact) mass is 418 g/mol. The van der Waals surface area contributed by atoms with E-state index in [0.717, 1.165) is 36.0 Å². The summed E-state index contributed by atoms with van der Waals surface area (Å²) in [4.78, 5) is 8.88. The second-order valence-electron chi connectivity index (χ2n) is 7.34. The summed E-state index contributed by atoms with van der Waals surface area (Å²) in [6.07, 6.45) is 11.6. The van der Waals surface area contributed by atoms with Gasteiger partial charge in [-0.15, -0.1) is 0 Å². The Bertz CT molecular complexity index is 1010. The van der Waals surface area contributed by atoms with Crippen molar-refractivity contribution < 1.29 is 14.2 Å². The first-order valence-electron chi connectivity index (χ1n) is 10.4. The summed E-state index contributed by atoms with van der Waals surface area (Å²) in [6.45, 7) is 5.63. The average molecular weight is 419 g/mol. The minimum Gasteiger partial charge on any atom is -0.486 e. The van der Waals surface area contributed by atoms with Gasteiger partial charge in [0.25, 0.3) is 0 Å². The molecule has 1 heterocycles. The number of aliphatic hydroxyl groups excluding tert-OH is 1. The highest BCUT2D eigenvalue weighted by molar-refractivity contribution is 5.65. The standard InChI is InChI=1S/C26H27FN2O2/c1-3-15-31-25-14-13-22(16-24(25)27)23-17-28-26(29-18-23)21-11-9-20(10-12-21)8-6-4-5-7-19(2)30/h3,6,8-14,16-19,30H,1,4-5,7,15H2,2H3/b8-6+. The lowest BCUT2D eigenvalue weighted by atomic mass is 10.1. The normalized spacial score (nSPS) is 12.1. The zero-order chi connectivity index (χ0) is 22.1. The number of ether oxygens (including phenoxy) is 1. The molecule has 2 aromatic carbocycles. The predicted octanol–water partition coefficient (Wildman–Crippen LogP) is 6.08. The van der Waals surface area contributed by atoms with Crippen LogP contribution in [0, 0.1) is 5.82 Å². The quantitative estimate of drug-likeness (QED) is 0.320. The molecule has 0 saturated heterocycles. The number of hydrogen-bond acceptors (Lipinski definition) is 4. The number of aromatic nitrogens is 2. The van der Waals surface area contributed by atoms with Crippen LogP contribution in [0.15, 0.2) is 73.6 Å². The molecule has 5 heteroatoms. The molecule has 0 radical (unpaired) electrons. The highest BCUT2D eigenvalue weighted by Gasteiger charge is 2.08. The summed E-state index contributed by atoms with van der Waals surface area (Å²) in [5.41, 5.74) is 3.43. The van der Waals surface area contributed by atoms with Crippen LogP contribution in [0.5, 0.6) is 5.75 Å². The van der Waals surface area contributed by atoms with E-state index in [9.17, 15) is 9.50 Å². The SMILES string of the molecule is C=CCOc1ccc(-c2cnc(-c3ccc(/C=C/CCCC(C)O)cc3)nc2)cc1F. The molecule has 0 fully saturated rings. The Morgan fingerprint density at radius 3 is 2.42 bits per heavy atom. The van der Waals surface area contributed by atoms with Gasteiger partial charge in [-0.25, -0.2) is 14.4 Å². The van der Waals surface area contributed by atoms with Crippen LogP contribution in [0.4, 0.5) is 4.39 Å². The van der Waals surface area contributed by atoms with Gasteiger partial charge in [0.1, 0.15) is 6.61 Å². The van der Waals surface area contributed by atoms with Crippen molar-refractivity contribution >= 4 is 6.08 Å². The van der Waals surface area contributed by atoms with Crippen molar-refractivity contribution in [2.45, 2.75) is 32.3 Å². The second-order valence-corrected chi connectivity index (χ2v) is 7.34. The largest absolute Gasteiger partial charge is 0.486 e. The Morgan fingerprint density at radius 1 is 1.06 bits per heavy atom. The molecular weight excluding hydrogens is 391 g/mol. The van der Waals surface area contributed by atoms with Gasteiger partial charge >= 0.3 is 0 Å². The van der Waals surface area contributed by atoms with Crippen LogP contribution in [-0.4, -0.2) is 27.8 Å². The minimum atomic E-state index is -0.432. The number of rotatable bonds is 10. The summed E-state index contributed by atoms with van der Waals surface area (Å²) < 4.78 is 19.5. The summed E-state index contributed by atoms with van der Waals surface area (Å²) >= 11 is 0. The summed E-state index contributed by atoms with van der Waals surface area (Å²) in [5, 5.41) is 9.28. The Labute approximate surface area is 182 Å². The zero-order valence-corrected chi connectivity index (χ0v) is 17.7. The topological polar surface area (TPSA) is 55.2 Å². The van der Waals surface area contributed by atoms with Crippen LogP contribution >= 0.6 is 0 Å². The summed E-state index contributed by atoms with van der Waals surface area (Å²) in [7, 11) is 0. The number of hydrogen-bond donors (Lipinski definition) is 1. The lowest BCUT2D eigenvalue weighted by Gasteiger charge is -2.07. The van der Waals surface area contributed by atoms with Crippen molar-refractivity contribution in [3.05, 3.63) is 85.0 Å². The lowest BCUT2D eigenvalue weighted by molar-refractivity contribution is 0.182. The minimum absolute atomic E-state index is 0.193. The van der Waals surface area contributed by atoms with Crippen LogP contribution in [0.2, 0.25) is 0 Å². The molecule has 0 spiro atoms. The van der Waals surface area contributed by atoms with E-state index in [4.69, 9.17) is 4.74 Å². The third-order valence-electron chi connectivity index (χ3n) is 4.75. The first kappa shape index (κ1) is 22.4. The van der Waals surface area contributed by atoms with Gasteiger partial charge in [-0.3, -0.25) is 0 Å². The van der Waals surface area contributed by atoms with E-state index in [1.54, 1.807) is 30.6 Å². The number of allylic oxidation sites excluding steroid dienone is 1.